The molecule has 1 atom stereocenters. The summed E-state index contributed by atoms with van der Waals surface area (Å²) in [6, 6.07) is 4.80. The Morgan fingerprint density at radius 3 is 2.78 bits per heavy atom. The second-order valence-corrected chi connectivity index (χ2v) is 7.18. The standard InChI is InChI=1S/C11H14BrFN2O2S/c12-10-5-8(1-2-11(10)13)6-15-4-3-9(7-15)18(14,16)17/h1-2,5,9H,3-4,6-7H2,(H2,14,16,17). The summed E-state index contributed by atoms with van der Waals surface area (Å²) in [6.07, 6.45) is 0.557. The lowest BCUT2D eigenvalue weighted by atomic mass is 10.2. The molecule has 0 aliphatic carbocycles. The quantitative estimate of drug-likeness (QED) is 0.908. The first kappa shape index (κ1) is 13.9. The third kappa shape index (κ3) is 3.28. The van der Waals surface area contributed by atoms with E-state index in [1.807, 2.05) is 4.90 Å². The molecule has 18 heavy (non-hydrogen) atoms. The van der Waals surface area contributed by atoms with Gasteiger partial charge in [0.1, 0.15) is 5.82 Å². The molecular weight excluding hydrogens is 323 g/mol. The highest BCUT2D eigenvalue weighted by molar-refractivity contribution is 9.10. The Hall–Kier alpha value is -0.500. The number of hydrogen-bond donors (Lipinski definition) is 1. The van der Waals surface area contributed by atoms with Gasteiger partial charge in [-0.15, -0.1) is 0 Å². The SMILES string of the molecule is NS(=O)(=O)C1CCN(Cc2ccc(F)c(Br)c2)C1. The van der Waals surface area contributed by atoms with Crippen molar-refractivity contribution in [1.82, 2.24) is 4.90 Å². The van der Waals surface area contributed by atoms with Crippen molar-refractivity contribution in [2.75, 3.05) is 13.1 Å². The predicted octanol–water partition coefficient (Wildman–Crippen LogP) is 1.45. The van der Waals surface area contributed by atoms with E-state index in [0.717, 1.165) is 5.56 Å². The van der Waals surface area contributed by atoms with Crippen LogP contribution < -0.4 is 5.14 Å². The average molecular weight is 337 g/mol. The lowest BCUT2D eigenvalue weighted by Gasteiger charge is -2.15. The van der Waals surface area contributed by atoms with Gasteiger partial charge in [0.05, 0.1) is 9.72 Å². The van der Waals surface area contributed by atoms with Crippen LogP contribution in [-0.4, -0.2) is 31.7 Å². The summed E-state index contributed by atoms with van der Waals surface area (Å²) >= 11 is 3.13. The topological polar surface area (TPSA) is 63.4 Å². The van der Waals surface area contributed by atoms with Crippen molar-refractivity contribution in [3.8, 4) is 0 Å². The molecule has 0 saturated carbocycles. The third-order valence-corrected chi connectivity index (χ3v) is 5.01. The average Bonchev–Trinajstić information content (AvgIpc) is 2.72. The van der Waals surface area contributed by atoms with Gasteiger partial charge in [-0.1, -0.05) is 6.07 Å². The van der Waals surface area contributed by atoms with Crippen LogP contribution in [0.25, 0.3) is 0 Å². The van der Waals surface area contributed by atoms with Crippen molar-refractivity contribution in [2.24, 2.45) is 5.14 Å². The summed E-state index contributed by atoms with van der Waals surface area (Å²) in [5.41, 5.74) is 0.943. The first-order valence-electron chi connectivity index (χ1n) is 5.54. The normalized spacial score (nSPS) is 21.4. The summed E-state index contributed by atoms with van der Waals surface area (Å²) in [5.74, 6) is -0.303. The Balaban J connectivity index is 2.01. The number of likely N-dealkylation sites (tertiary alicyclic amines) is 1. The number of sulfonamides is 1. The molecule has 2 rings (SSSR count). The molecule has 4 nitrogen and oxygen atoms in total. The molecule has 1 unspecified atom stereocenters. The molecule has 1 aromatic rings. The van der Waals surface area contributed by atoms with E-state index in [0.29, 0.717) is 30.5 Å². The van der Waals surface area contributed by atoms with Gasteiger partial charge in [-0.2, -0.15) is 0 Å². The smallest absolute Gasteiger partial charge is 0.213 e. The van der Waals surface area contributed by atoms with Crippen LogP contribution in [0.5, 0.6) is 0 Å². The Bertz CT molecular complexity index is 550. The minimum atomic E-state index is -3.45. The first-order valence-corrected chi connectivity index (χ1v) is 7.94. The Morgan fingerprint density at radius 1 is 1.50 bits per heavy atom. The lowest BCUT2D eigenvalue weighted by Crippen LogP contribution is -2.31. The molecule has 1 aliphatic rings. The Morgan fingerprint density at radius 2 is 2.22 bits per heavy atom. The van der Waals surface area contributed by atoms with Crippen molar-refractivity contribution in [2.45, 2.75) is 18.2 Å². The maximum atomic E-state index is 13.1. The highest BCUT2D eigenvalue weighted by Gasteiger charge is 2.30. The number of nitrogens with two attached hydrogens (primary N) is 1. The lowest BCUT2D eigenvalue weighted by molar-refractivity contribution is 0.331. The van der Waals surface area contributed by atoms with Crippen LogP contribution in [-0.2, 0) is 16.6 Å². The molecule has 0 radical (unpaired) electrons. The van der Waals surface area contributed by atoms with Crippen LogP contribution in [0, 0.1) is 5.82 Å². The third-order valence-electron chi connectivity index (χ3n) is 3.08. The zero-order valence-electron chi connectivity index (χ0n) is 9.64. The molecule has 100 valence electrons. The van der Waals surface area contributed by atoms with Gasteiger partial charge in [-0.3, -0.25) is 4.90 Å². The fraction of sp³-hybridized carbons (Fsp3) is 0.455. The predicted molar refractivity (Wildman–Crippen MR) is 70.9 cm³/mol. The van der Waals surface area contributed by atoms with Gasteiger partial charge in [0.2, 0.25) is 10.0 Å². The highest BCUT2D eigenvalue weighted by Crippen LogP contribution is 2.21. The number of halogens is 2. The molecule has 7 heteroatoms. The highest BCUT2D eigenvalue weighted by atomic mass is 79.9. The number of nitrogens with zero attached hydrogens (tertiary/aromatic N) is 1. The van der Waals surface area contributed by atoms with Crippen molar-refractivity contribution < 1.29 is 12.8 Å². The van der Waals surface area contributed by atoms with Gasteiger partial charge in [-0.25, -0.2) is 17.9 Å². The summed E-state index contributed by atoms with van der Waals surface area (Å²) in [4.78, 5) is 2.01. The Kier molecular flexibility index (Phi) is 4.05. The molecule has 1 aliphatic heterocycles. The molecule has 1 saturated heterocycles. The van der Waals surface area contributed by atoms with Gasteiger partial charge < -0.3 is 0 Å². The van der Waals surface area contributed by atoms with Crippen LogP contribution in [0.3, 0.4) is 0 Å². The fourth-order valence-corrected chi connectivity index (χ4v) is 3.38. The van der Waals surface area contributed by atoms with Crippen LogP contribution in [0.2, 0.25) is 0 Å². The van der Waals surface area contributed by atoms with Gasteiger partial charge in [0.25, 0.3) is 0 Å². The Labute approximate surface area is 114 Å². The van der Waals surface area contributed by atoms with E-state index < -0.39 is 15.3 Å². The summed E-state index contributed by atoms with van der Waals surface area (Å²) in [5, 5.41) is 4.64. The van der Waals surface area contributed by atoms with Crippen molar-refractivity contribution in [3.63, 3.8) is 0 Å². The van der Waals surface area contributed by atoms with Gasteiger partial charge in [0.15, 0.2) is 0 Å². The fourth-order valence-electron chi connectivity index (χ4n) is 2.11. The number of primary sulfonamides is 1. The minimum Gasteiger partial charge on any atom is -0.298 e. The molecule has 1 aromatic carbocycles. The van der Waals surface area contributed by atoms with Crippen LogP contribution in [0.15, 0.2) is 22.7 Å². The van der Waals surface area contributed by atoms with E-state index in [-0.39, 0.29) is 5.82 Å². The van der Waals surface area contributed by atoms with Gasteiger partial charge >= 0.3 is 0 Å². The number of hydrogen-bond acceptors (Lipinski definition) is 3. The molecule has 0 spiro atoms. The van der Waals surface area contributed by atoms with Crippen molar-refractivity contribution in [3.05, 3.63) is 34.1 Å². The van der Waals surface area contributed by atoms with Crippen LogP contribution in [0.1, 0.15) is 12.0 Å². The van der Waals surface area contributed by atoms with Crippen molar-refractivity contribution >= 4 is 26.0 Å². The van der Waals surface area contributed by atoms with E-state index in [1.165, 1.54) is 6.07 Å². The molecule has 1 fully saturated rings. The minimum absolute atomic E-state index is 0.303. The molecular formula is C11H14BrFN2O2S. The summed E-state index contributed by atoms with van der Waals surface area (Å²) in [6.45, 7) is 1.73. The molecule has 0 aromatic heterocycles. The number of rotatable bonds is 3. The molecule has 2 N–H and O–H groups in total. The largest absolute Gasteiger partial charge is 0.298 e. The monoisotopic (exact) mass is 336 g/mol. The summed E-state index contributed by atoms with van der Waals surface area (Å²) < 4.78 is 35.9. The second kappa shape index (κ2) is 5.24. The van der Waals surface area contributed by atoms with Crippen LogP contribution in [0.4, 0.5) is 4.39 Å². The van der Waals surface area contributed by atoms with Crippen molar-refractivity contribution in [1.29, 1.82) is 0 Å². The van der Waals surface area contributed by atoms with Gasteiger partial charge in [0, 0.05) is 13.1 Å². The number of benzene rings is 1. The molecule has 1 heterocycles. The van der Waals surface area contributed by atoms with E-state index in [2.05, 4.69) is 15.9 Å². The maximum absolute atomic E-state index is 13.1. The van der Waals surface area contributed by atoms with E-state index in [9.17, 15) is 12.8 Å². The maximum Gasteiger partial charge on any atom is 0.213 e. The second-order valence-electron chi connectivity index (χ2n) is 4.48. The molecule has 0 bridgehead atoms. The molecule has 0 amide bonds. The zero-order valence-corrected chi connectivity index (χ0v) is 12.0. The van der Waals surface area contributed by atoms with E-state index in [1.54, 1.807) is 12.1 Å². The summed E-state index contributed by atoms with van der Waals surface area (Å²) in [7, 11) is -3.45. The van der Waals surface area contributed by atoms with E-state index in [4.69, 9.17) is 5.14 Å². The first-order chi connectivity index (χ1) is 8.36. The van der Waals surface area contributed by atoms with E-state index >= 15 is 0 Å². The van der Waals surface area contributed by atoms with Gasteiger partial charge in [-0.05, 0) is 46.6 Å². The zero-order chi connectivity index (χ0) is 13.3. The van der Waals surface area contributed by atoms with Crippen LogP contribution >= 0.6 is 15.9 Å².